The van der Waals surface area contributed by atoms with E-state index in [0.717, 1.165) is 17.6 Å². The number of nitrogens with zero attached hydrogens (tertiary/aromatic N) is 1. The first-order chi connectivity index (χ1) is 9.70. The van der Waals surface area contributed by atoms with Gasteiger partial charge in [-0.15, -0.1) is 0 Å². The second-order valence-corrected chi connectivity index (χ2v) is 6.89. The molecule has 20 heavy (non-hydrogen) atoms. The molecule has 2 rings (SSSR count). The van der Waals surface area contributed by atoms with Gasteiger partial charge in [-0.1, -0.05) is 44.2 Å². The number of thiol groups is 1. The molecule has 2 heteroatoms. The molecular weight excluding hydrogens is 262 g/mol. The van der Waals surface area contributed by atoms with E-state index in [1.807, 2.05) is 0 Å². The van der Waals surface area contributed by atoms with Crippen molar-refractivity contribution in [2.24, 2.45) is 11.8 Å². The van der Waals surface area contributed by atoms with E-state index >= 15 is 0 Å². The van der Waals surface area contributed by atoms with Crippen LogP contribution in [-0.2, 0) is 0 Å². The highest BCUT2D eigenvalue weighted by molar-refractivity contribution is 7.80. The van der Waals surface area contributed by atoms with Crippen LogP contribution in [0.1, 0.15) is 44.6 Å². The van der Waals surface area contributed by atoms with Gasteiger partial charge in [-0.2, -0.15) is 12.6 Å². The highest BCUT2D eigenvalue weighted by atomic mass is 32.1. The van der Waals surface area contributed by atoms with Gasteiger partial charge < -0.3 is 4.90 Å². The van der Waals surface area contributed by atoms with E-state index < -0.39 is 0 Å². The van der Waals surface area contributed by atoms with Gasteiger partial charge in [0.15, 0.2) is 0 Å². The van der Waals surface area contributed by atoms with Crippen molar-refractivity contribution in [3.8, 4) is 0 Å². The van der Waals surface area contributed by atoms with Crippen molar-refractivity contribution in [3.05, 3.63) is 35.9 Å². The molecule has 2 atom stereocenters. The monoisotopic (exact) mass is 291 g/mol. The Bertz CT molecular complexity index is 376. The van der Waals surface area contributed by atoms with E-state index in [2.05, 4.69) is 61.7 Å². The van der Waals surface area contributed by atoms with Crippen LogP contribution in [0.4, 0.5) is 0 Å². The van der Waals surface area contributed by atoms with Crippen LogP contribution < -0.4 is 0 Å². The highest BCUT2D eigenvalue weighted by Crippen LogP contribution is 2.26. The molecule has 1 aliphatic rings. The molecule has 1 fully saturated rings. The zero-order valence-electron chi connectivity index (χ0n) is 13.0. The van der Waals surface area contributed by atoms with Crippen molar-refractivity contribution >= 4 is 12.6 Å². The maximum atomic E-state index is 4.58. The molecule has 1 aliphatic heterocycles. The molecule has 0 radical (unpaired) electrons. The molecule has 1 aromatic rings. The van der Waals surface area contributed by atoms with Gasteiger partial charge >= 0.3 is 0 Å². The van der Waals surface area contributed by atoms with E-state index in [-0.39, 0.29) is 0 Å². The van der Waals surface area contributed by atoms with Crippen molar-refractivity contribution in [1.29, 1.82) is 0 Å². The minimum absolute atomic E-state index is 0.565. The van der Waals surface area contributed by atoms with Gasteiger partial charge in [0.1, 0.15) is 0 Å². The average Bonchev–Trinajstić information content (AvgIpc) is 2.71. The van der Waals surface area contributed by atoms with Gasteiger partial charge in [0.25, 0.3) is 0 Å². The standard InChI is InChI=1S/C18H29NS/c1-15(2)16-9-6-11-19(12-10-16)13-18(14-20)17-7-4-3-5-8-17/h3-5,7-8,15-16,18,20H,6,9-14H2,1-2H3. The Morgan fingerprint density at radius 3 is 2.55 bits per heavy atom. The minimum Gasteiger partial charge on any atom is -0.303 e. The fourth-order valence-corrected chi connectivity index (χ4v) is 3.66. The summed E-state index contributed by atoms with van der Waals surface area (Å²) in [6, 6.07) is 10.9. The first-order valence-electron chi connectivity index (χ1n) is 8.09. The first-order valence-corrected chi connectivity index (χ1v) is 8.72. The fourth-order valence-electron chi connectivity index (χ4n) is 3.34. The third kappa shape index (κ3) is 4.53. The van der Waals surface area contributed by atoms with Gasteiger partial charge in [-0.25, -0.2) is 0 Å². The van der Waals surface area contributed by atoms with E-state index in [9.17, 15) is 0 Å². The lowest BCUT2D eigenvalue weighted by Crippen LogP contribution is -2.30. The summed E-state index contributed by atoms with van der Waals surface area (Å²) >= 11 is 4.58. The van der Waals surface area contributed by atoms with Gasteiger partial charge in [0.2, 0.25) is 0 Å². The molecule has 0 bridgehead atoms. The zero-order valence-corrected chi connectivity index (χ0v) is 13.9. The molecule has 1 aromatic carbocycles. The van der Waals surface area contributed by atoms with Gasteiger partial charge in [0, 0.05) is 12.5 Å². The Hall–Kier alpha value is -0.470. The van der Waals surface area contributed by atoms with Crippen LogP contribution in [0.5, 0.6) is 0 Å². The lowest BCUT2D eigenvalue weighted by Gasteiger charge is -2.26. The predicted octanol–water partition coefficient (Wildman–Crippen LogP) is 4.46. The Morgan fingerprint density at radius 1 is 1.15 bits per heavy atom. The quantitative estimate of drug-likeness (QED) is 0.784. The molecule has 2 unspecified atom stereocenters. The zero-order chi connectivity index (χ0) is 14.4. The first kappa shape index (κ1) is 15.9. The van der Waals surface area contributed by atoms with Crippen molar-refractivity contribution < 1.29 is 0 Å². The number of hydrogen-bond donors (Lipinski definition) is 1. The van der Waals surface area contributed by atoms with Crippen LogP contribution in [0.3, 0.4) is 0 Å². The fraction of sp³-hybridized carbons (Fsp3) is 0.667. The third-order valence-electron chi connectivity index (χ3n) is 4.78. The lowest BCUT2D eigenvalue weighted by molar-refractivity contribution is 0.261. The van der Waals surface area contributed by atoms with E-state index in [1.165, 1.54) is 44.5 Å². The topological polar surface area (TPSA) is 3.24 Å². The Balaban J connectivity index is 1.91. The minimum atomic E-state index is 0.565. The molecule has 0 saturated carbocycles. The molecule has 0 aliphatic carbocycles. The van der Waals surface area contributed by atoms with Crippen LogP contribution in [0.15, 0.2) is 30.3 Å². The van der Waals surface area contributed by atoms with E-state index in [1.54, 1.807) is 0 Å². The van der Waals surface area contributed by atoms with Crippen LogP contribution in [0.25, 0.3) is 0 Å². The lowest BCUT2D eigenvalue weighted by atomic mass is 9.89. The summed E-state index contributed by atoms with van der Waals surface area (Å²) in [6.07, 6.45) is 4.13. The number of rotatable bonds is 5. The molecule has 0 aromatic heterocycles. The smallest absolute Gasteiger partial charge is 0.00581 e. The molecular formula is C18H29NS. The molecule has 1 saturated heterocycles. The van der Waals surface area contributed by atoms with Crippen LogP contribution in [0.2, 0.25) is 0 Å². The van der Waals surface area contributed by atoms with Gasteiger partial charge in [0.05, 0.1) is 0 Å². The maximum absolute atomic E-state index is 4.58. The molecule has 0 amide bonds. The summed E-state index contributed by atoms with van der Waals surface area (Å²) in [4.78, 5) is 2.66. The van der Waals surface area contributed by atoms with Gasteiger partial charge in [-0.3, -0.25) is 0 Å². The summed E-state index contributed by atoms with van der Waals surface area (Å²) in [7, 11) is 0. The predicted molar refractivity (Wildman–Crippen MR) is 91.7 cm³/mol. The summed E-state index contributed by atoms with van der Waals surface area (Å²) < 4.78 is 0. The van der Waals surface area contributed by atoms with E-state index in [4.69, 9.17) is 0 Å². The van der Waals surface area contributed by atoms with Crippen molar-refractivity contribution in [1.82, 2.24) is 4.90 Å². The summed E-state index contributed by atoms with van der Waals surface area (Å²) in [5.41, 5.74) is 1.44. The maximum Gasteiger partial charge on any atom is 0.00581 e. The Morgan fingerprint density at radius 2 is 1.90 bits per heavy atom. The summed E-state index contributed by atoms with van der Waals surface area (Å²) in [5.74, 6) is 3.26. The molecule has 0 spiro atoms. The van der Waals surface area contributed by atoms with Gasteiger partial charge in [-0.05, 0) is 55.5 Å². The molecule has 0 N–H and O–H groups in total. The number of likely N-dealkylation sites (tertiary alicyclic amines) is 1. The largest absolute Gasteiger partial charge is 0.303 e. The second kappa shape index (κ2) is 8.09. The SMILES string of the molecule is CC(C)C1CCCN(CC(CS)c2ccccc2)CC1. The van der Waals surface area contributed by atoms with Crippen LogP contribution >= 0.6 is 12.6 Å². The van der Waals surface area contributed by atoms with Crippen molar-refractivity contribution in [2.75, 3.05) is 25.4 Å². The highest BCUT2D eigenvalue weighted by Gasteiger charge is 2.21. The Kier molecular flexibility index (Phi) is 6.44. The Labute approximate surface area is 130 Å². The van der Waals surface area contributed by atoms with Crippen LogP contribution in [0, 0.1) is 11.8 Å². The molecule has 112 valence electrons. The number of hydrogen-bond acceptors (Lipinski definition) is 2. The van der Waals surface area contributed by atoms with E-state index in [0.29, 0.717) is 5.92 Å². The van der Waals surface area contributed by atoms with Crippen molar-refractivity contribution in [3.63, 3.8) is 0 Å². The average molecular weight is 292 g/mol. The summed E-state index contributed by atoms with van der Waals surface area (Å²) in [6.45, 7) is 8.44. The second-order valence-electron chi connectivity index (χ2n) is 6.53. The number of benzene rings is 1. The normalized spacial score (nSPS) is 22.7. The van der Waals surface area contributed by atoms with Crippen LogP contribution in [-0.4, -0.2) is 30.3 Å². The third-order valence-corrected chi connectivity index (χ3v) is 5.22. The summed E-state index contributed by atoms with van der Waals surface area (Å²) in [5, 5.41) is 0. The van der Waals surface area contributed by atoms with Crippen molar-refractivity contribution in [2.45, 2.75) is 39.0 Å². The molecule has 1 heterocycles. The molecule has 1 nitrogen and oxygen atoms in total.